The van der Waals surface area contributed by atoms with Gasteiger partial charge >= 0.3 is 0 Å². The van der Waals surface area contributed by atoms with Crippen molar-refractivity contribution in [3.8, 4) is 0 Å². The molecule has 0 aliphatic carbocycles. The van der Waals surface area contributed by atoms with E-state index in [1.807, 2.05) is 35.2 Å². The number of carbonyl (C=O) groups excluding carboxylic acids is 1. The number of hydrogen-bond donors (Lipinski definition) is 0. The molecule has 1 fully saturated rings. The smallest absolute Gasteiger partial charge is 0.264 e. The van der Waals surface area contributed by atoms with Gasteiger partial charge in [0.15, 0.2) is 0 Å². The Morgan fingerprint density at radius 1 is 0.906 bits per heavy atom. The van der Waals surface area contributed by atoms with E-state index in [0.29, 0.717) is 30.9 Å². The van der Waals surface area contributed by atoms with E-state index in [4.69, 9.17) is 0 Å². The summed E-state index contributed by atoms with van der Waals surface area (Å²) in [6.07, 6.45) is 3.53. The number of benzene rings is 2. The monoisotopic (exact) mass is 450 g/mol. The summed E-state index contributed by atoms with van der Waals surface area (Å²) in [5.74, 6) is -0.0845. The van der Waals surface area contributed by atoms with Crippen molar-refractivity contribution in [2.75, 3.05) is 41.9 Å². The number of amides is 1. The van der Waals surface area contributed by atoms with Crippen molar-refractivity contribution in [2.24, 2.45) is 0 Å². The molecule has 1 aliphatic rings. The van der Waals surface area contributed by atoms with Crippen LogP contribution < -0.4 is 9.21 Å². The predicted octanol–water partition coefficient (Wildman–Crippen LogP) is 3.26. The number of sulfonamides is 1. The molecule has 1 saturated heterocycles. The molecule has 3 aromatic rings. The first-order valence-corrected chi connectivity index (χ1v) is 12.1. The lowest BCUT2D eigenvalue weighted by molar-refractivity contribution is 0.0746. The minimum atomic E-state index is -3.71. The highest BCUT2D eigenvalue weighted by atomic mass is 32.2. The Kier molecular flexibility index (Phi) is 6.41. The molecule has 0 unspecified atom stereocenters. The third-order valence-corrected chi connectivity index (χ3v) is 7.53. The number of para-hydroxylation sites is 1. The van der Waals surface area contributed by atoms with Crippen molar-refractivity contribution >= 4 is 27.3 Å². The van der Waals surface area contributed by atoms with Gasteiger partial charge in [0.1, 0.15) is 0 Å². The summed E-state index contributed by atoms with van der Waals surface area (Å²) < 4.78 is 27.6. The van der Waals surface area contributed by atoms with Gasteiger partial charge in [-0.1, -0.05) is 18.2 Å². The van der Waals surface area contributed by atoms with Crippen LogP contribution in [0.3, 0.4) is 0 Å². The fraction of sp³-hybridized carbons (Fsp3) is 0.250. The lowest BCUT2D eigenvalue weighted by Gasteiger charge is -2.36. The molecule has 0 spiro atoms. The lowest BCUT2D eigenvalue weighted by atomic mass is 10.2. The average Bonchev–Trinajstić information content (AvgIpc) is 2.85. The summed E-state index contributed by atoms with van der Waals surface area (Å²) in [7, 11) is -3.71. The first-order chi connectivity index (χ1) is 15.5. The van der Waals surface area contributed by atoms with Gasteiger partial charge < -0.3 is 9.80 Å². The minimum Gasteiger partial charge on any atom is -0.368 e. The highest BCUT2D eigenvalue weighted by Gasteiger charge is 2.25. The van der Waals surface area contributed by atoms with E-state index in [2.05, 4.69) is 9.88 Å². The molecule has 0 radical (unpaired) electrons. The van der Waals surface area contributed by atoms with E-state index < -0.39 is 10.0 Å². The van der Waals surface area contributed by atoms with Crippen LogP contribution in [0.25, 0.3) is 0 Å². The maximum absolute atomic E-state index is 13.1. The Labute approximate surface area is 189 Å². The summed E-state index contributed by atoms with van der Waals surface area (Å²) >= 11 is 0. The van der Waals surface area contributed by atoms with Crippen molar-refractivity contribution in [1.29, 1.82) is 0 Å². The summed E-state index contributed by atoms with van der Waals surface area (Å²) in [6.45, 7) is 4.82. The SMILES string of the molecule is CCN(c1ccccc1)S(=O)(=O)c1ccc(C(=O)N2CCN(c3ccncc3)CC2)cc1. The van der Waals surface area contributed by atoms with Crippen LogP contribution in [-0.2, 0) is 10.0 Å². The molecule has 32 heavy (non-hydrogen) atoms. The van der Waals surface area contributed by atoms with Gasteiger partial charge in [-0.2, -0.15) is 0 Å². The van der Waals surface area contributed by atoms with Crippen LogP contribution in [0.4, 0.5) is 11.4 Å². The van der Waals surface area contributed by atoms with Gasteiger partial charge in [-0.05, 0) is 55.5 Å². The number of rotatable bonds is 6. The molecule has 0 saturated carbocycles. The van der Waals surface area contributed by atoms with Crippen molar-refractivity contribution in [2.45, 2.75) is 11.8 Å². The van der Waals surface area contributed by atoms with E-state index in [9.17, 15) is 13.2 Å². The molecular weight excluding hydrogens is 424 g/mol. The number of piperazine rings is 1. The van der Waals surface area contributed by atoms with Crippen LogP contribution in [0.1, 0.15) is 17.3 Å². The number of pyridine rings is 1. The molecule has 8 heteroatoms. The fourth-order valence-electron chi connectivity index (χ4n) is 3.89. The molecular formula is C24H26N4O3S. The Bertz CT molecular complexity index is 1140. The number of hydrogen-bond acceptors (Lipinski definition) is 5. The van der Waals surface area contributed by atoms with Gasteiger partial charge in [0, 0.05) is 56.4 Å². The molecule has 4 rings (SSSR count). The molecule has 1 aliphatic heterocycles. The topological polar surface area (TPSA) is 73.8 Å². The van der Waals surface area contributed by atoms with E-state index >= 15 is 0 Å². The van der Waals surface area contributed by atoms with E-state index in [-0.39, 0.29) is 10.8 Å². The molecule has 0 N–H and O–H groups in total. The molecule has 2 aromatic carbocycles. The predicted molar refractivity (Wildman–Crippen MR) is 125 cm³/mol. The van der Waals surface area contributed by atoms with Gasteiger partial charge in [-0.15, -0.1) is 0 Å². The Morgan fingerprint density at radius 3 is 2.12 bits per heavy atom. The summed E-state index contributed by atoms with van der Waals surface area (Å²) in [5, 5.41) is 0. The third kappa shape index (κ3) is 4.45. The van der Waals surface area contributed by atoms with Gasteiger partial charge in [0.05, 0.1) is 10.6 Å². The number of nitrogens with zero attached hydrogens (tertiary/aromatic N) is 4. The van der Waals surface area contributed by atoms with Crippen LogP contribution in [-0.4, -0.2) is 56.9 Å². The second-order valence-electron chi connectivity index (χ2n) is 7.51. The van der Waals surface area contributed by atoms with Crippen molar-refractivity contribution in [1.82, 2.24) is 9.88 Å². The molecule has 166 valence electrons. The second kappa shape index (κ2) is 9.40. The third-order valence-electron chi connectivity index (χ3n) is 5.62. The number of anilines is 2. The Hall–Kier alpha value is -3.39. The number of carbonyl (C=O) groups is 1. The number of aromatic nitrogens is 1. The van der Waals surface area contributed by atoms with Crippen LogP contribution in [0.15, 0.2) is 84.0 Å². The Morgan fingerprint density at radius 2 is 1.53 bits per heavy atom. The molecule has 1 amide bonds. The van der Waals surface area contributed by atoms with Crippen LogP contribution in [0, 0.1) is 0 Å². The maximum atomic E-state index is 13.1. The standard InChI is InChI=1S/C24H26N4O3S/c1-2-28(22-6-4-3-5-7-22)32(30,31)23-10-8-20(9-11-23)24(29)27-18-16-26(17-19-27)21-12-14-25-15-13-21/h3-15H,2,16-19H2,1H3. The minimum absolute atomic E-state index is 0.0845. The summed E-state index contributed by atoms with van der Waals surface area (Å²) in [4.78, 5) is 21.2. The maximum Gasteiger partial charge on any atom is 0.264 e. The zero-order valence-electron chi connectivity index (χ0n) is 18.0. The summed E-state index contributed by atoms with van der Waals surface area (Å²) in [6, 6.07) is 19.2. The van der Waals surface area contributed by atoms with E-state index in [1.54, 1.807) is 43.6 Å². The molecule has 0 atom stereocenters. The zero-order valence-corrected chi connectivity index (χ0v) is 18.8. The Balaban J connectivity index is 1.45. The highest BCUT2D eigenvalue weighted by molar-refractivity contribution is 7.92. The van der Waals surface area contributed by atoms with Crippen molar-refractivity contribution in [3.63, 3.8) is 0 Å². The lowest BCUT2D eigenvalue weighted by Crippen LogP contribution is -2.48. The first-order valence-electron chi connectivity index (χ1n) is 10.6. The van der Waals surface area contributed by atoms with E-state index in [0.717, 1.165) is 18.8 Å². The summed E-state index contributed by atoms with van der Waals surface area (Å²) in [5.41, 5.74) is 2.20. The van der Waals surface area contributed by atoms with Gasteiger partial charge in [0.2, 0.25) is 0 Å². The molecule has 0 bridgehead atoms. The van der Waals surface area contributed by atoms with Gasteiger partial charge in [-0.25, -0.2) is 8.42 Å². The highest BCUT2D eigenvalue weighted by Crippen LogP contribution is 2.24. The van der Waals surface area contributed by atoms with Crippen molar-refractivity contribution < 1.29 is 13.2 Å². The van der Waals surface area contributed by atoms with Crippen LogP contribution in [0.5, 0.6) is 0 Å². The zero-order chi connectivity index (χ0) is 22.6. The van der Waals surface area contributed by atoms with Crippen LogP contribution >= 0.6 is 0 Å². The largest absolute Gasteiger partial charge is 0.368 e. The van der Waals surface area contributed by atoms with Gasteiger partial charge in [0.25, 0.3) is 15.9 Å². The van der Waals surface area contributed by atoms with E-state index in [1.165, 1.54) is 16.4 Å². The quantitative estimate of drug-likeness (QED) is 0.576. The fourth-order valence-corrected chi connectivity index (χ4v) is 5.36. The van der Waals surface area contributed by atoms with Crippen molar-refractivity contribution in [3.05, 3.63) is 84.7 Å². The molecule has 7 nitrogen and oxygen atoms in total. The van der Waals surface area contributed by atoms with Gasteiger partial charge in [-0.3, -0.25) is 14.1 Å². The molecule has 2 heterocycles. The van der Waals surface area contributed by atoms with Crippen LogP contribution in [0.2, 0.25) is 0 Å². The normalized spacial score (nSPS) is 14.3. The molecule has 1 aromatic heterocycles. The average molecular weight is 451 g/mol. The first kappa shape index (κ1) is 21.8. The second-order valence-corrected chi connectivity index (χ2v) is 9.38.